The largest absolute Gasteiger partial charge is 0.351 e. The molecule has 0 spiro atoms. The highest BCUT2D eigenvalue weighted by atomic mass is 35.5. The van der Waals surface area contributed by atoms with Crippen molar-refractivity contribution >= 4 is 28.8 Å². The molecule has 158 valence electrons. The Bertz CT molecular complexity index is 1210. The standard InChI is InChI=1S/C23H21ClN4O2S/c1-14-26-20(28-30-14)16-5-4-6-17(11-16)21(29)25-13-23(2,3)19-12-31-22(27-19)15-7-9-18(24)10-8-15/h4-12H,13H2,1-3H3,(H,25,29). The topological polar surface area (TPSA) is 80.9 Å². The summed E-state index contributed by atoms with van der Waals surface area (Å²) in [4.78, 5) is 21.8. The van der Waals surface area contributed by atoms with E-state index in [0.717, 1.165) is 21.8 Å². The van der Waals surface area contributed by atoms with Crippen LogP contribution in [0.15, 0.2) is 58.4 Å². The number of benzene rings is 2. The Morgan fingerprint density at radius 3 is 2.61 bits per heavy atom. The molecule has 2 aromatic heterocycles. The highest BCUT2D eigenvalue weighted by molar-refractivity contribution is 7.13. The first kappa shape index (κ1) is 21.2. The van der Waals surface area contributed by atoms with E-state index in [1.165, 1.54) is 0 Å². The average Bonchev–Trinajstić information content (AvgIpc) is 3.43. The third kappa shape index (κ3) is 4.84. The van der Waals surface area contributed by atoms with Crippen LogP contribution >= 0.6 is 22.9 Å². The van der Waals surface area contributed by atoms with Gasteiger partial charge in [0.25, 0.3) is 5.91 Å². The summed E-state index contributed by atoms with van der Waals surface area (Å²) in [7, 11) is 0. The second kappa shape index (κ2) is 8.61. The SMILES string of the molecule is Cc1nc(-c2cccc(C(=O)NCC(C)(C)c3csc(-c4ccc(Cl)cc4)n3)c2)no1. The third-order valence-electron chi connectivity index (χ3n) is 4.89. The molecule has 0 aliphatic rings. The van der Waals surface area contributed by atoms with Crippen LogP contribution in [0.4, 0.5) is 0 Å². The van der Waals surface area contributed by atoms with Crippen molar-refractivity contribution < 1.29 is 9.32 Å². The zero-order chi connectivity index (χ0) is 22.0. The van der Waals surface area contributed by atoms with Crippen LogP contribution in [-0.4, -0.2) is 27.6 Å². The molecule has 4 aromatic rings. The number of rotatable bonds is 6. The second-order valence-electron chi connectivity index (χ2n) is 7.83. The Kier molecular flexibility index (Phi) is 5.89. The number of hydrogen-bond donors (Lipinski definition) is 1. The summed E-state index contributed by atoms with van der Waals surface area (Å²) in [6.07, 6.45) is 0. The fraction of sp³-hybridized carbons (Fsp3) is 0.217. The number of nitrogens with one attached hydrogen (secondary N) is 1. The normalized spacial score (nSPS) is 11.5. The number of thiazole rings is 1. The van der Waals surface area contributed by atoms with Gasteiger partial charge in [0.1, 0.15) is 5.01 Å². The maximum Gasteiger partial charge on any atom is 0.251 e. The first-order valence-electron chi connectivity index (χ1n) is 9.73. The molecule has 4 rings (SSSR count). The maximum atomic E-state index is 12.8. The van der Waals surface area contributed by atoms with Crippen LogP contribution < -0.4 is 5.32 Å². The first-order chi connectivity index (χ1) is 14.8. The molecule has 2 aromatic carbocycles. The number of carbonyl (C=O) groups is 1. The summed E-state index contributed by atoms with van der Waals surface area (Å²) < 4.78 is 5.03. The lowest BCUT2D eigenvalue weighted by Gasteiger charge is -2.23. The summed E-state index contributed by atoms with van der Waals surface area (Å²) in [5.74, 6) is 0.779. The van der Waals surface area contributed by atoms with Gasteiger partial charge in [-0.25, -0.2) is 4.98 Å². The minimum Gasteiger partial charge on any atom is -0.351 e. The van der Waals surface area contributed by atoms with E-state index in [9.17, 15) is 4.79 Å². The van der Waals surface area contributed by atoms with Crippen molar-refractivity contribution in [2.24, 2.45) is 0 Å². The predicted molar refractivity (Wildman–Crippen MR) is 122 cm³/mol. The zero-order valence-corrected chi connectivity index (χ0v) is 18.9. The lowest BCUT2D eigenvalue weighted by molar-refractivity contribution is 0.0945. The summed E-state index contributed by atoms with van der Waals surface area (Å²) in [6, 6.07) is 14.8. The number of aryl methyl sites for hydroxylation is 1. The van der Waals surface area contributed by atoms with Crippen molar-refractivity contribution in [3.63, 3.8) is 0 Å². The van der Waals surface area contributed by atoms with E-state index in [1.54, 1.807) is 36.5 Å². The quantitative estimate of drug-likeness (QED) is 0.416. The molecule has 0 radical (unpaired) electrons. The van der Waals surface area contributed by atoms with Crippen LogP contribution in [0.25, 0.3) is 22.0 Å². The highest BCUT2D eigenvalue weighted by Crippen LogP contribution is 2.30. The van der Waals surface area contributed by atoms with Crippen molar-refractivity contribution in [1.82, 2.24) is 20.4 Å². The van der Waals surface area contributed by atoms with E-state index >= 15 is 0 Å². The average molecular weight is 453 g/mol. The molecule has 2 heterocycles. The zero-order valence-electron chi connectivity index (χ0n) is 17.3. The van der Waals surface area contributed by atoms with Gasteiger partial charge >= 0.3 is 0 Å². The third-order valence-corrected chi connectivity index (χ3v) is 6.03. The van der Waals surface area contributed by atoms with Crippen molar-refractivity contribution in [1.29, 1.82) is 0 Å². The molecule has 0 fully saturated rings. The molecule has 8 heteroatoms. The molecule has 0 unspecified atom stereocenters. The number of halogens is 1. The van der Waals surface area contributed by atoms with E-state index in [4.69, 9.17) is 21.1 Å². The first-order valence-corrected chi connectivity index (χ1v) is 11.0. The molecule has 0 bridgehead atoms. The number of carbonyl (C=O) groups excluding carboxylic acids is 1. The Labute approximate surface area is 189 Å². The van der Waals surface area contributed by atoms with Gasteiger partial charge in [-0.1, -0.05) is 54.9 Å². The minimum absolute atomic E-state index is 0.164. The van der Waals surface area contributed by atoms with Crippen molar-refractivity contribution in [2.45, 2.75) is 26.2 Å². The van der Waals surface area contributed by atoms with Crippen LogP contribution in [0.1, 0.15) is 35.8 Å². The van der Waals surface area contributed by atoms with Crippen LogP contribution in [0.2, 0.25) is 5.02 Å². The van der Waals surface area contributed by atoms with Gasteiger partial charge in [0.2, 0.25) is 11.7 Å². The number of nitrogens with zero attached hydrogens (tertiary/aromatic N) is 3. The van der Waals surface area contributed by atoms with Gasteiger partial charge in [0.15, 0.2) is 0 Å². The molecule has 0 saturated carbocycles. The van der Waals surface area contributed by atoms with Gasteiger partial charge < -0.3 is 9.84 Å². The van der Waals surface area contributed by atoms with Crippen LogP contribution in [0, 0.1) is 6.92 Å². The number of amides is 1. The van der Waals surface area contributed by atoms with Gasteiger partial charge in [0, 0.05) is 46.0 Å². The monoisotopic (exact) mass is 452 g/mol. The smallest absolute Gasteiger partial charge is 0.251 e. The van der Waals surface area contributed by atoms with Crippen LogP contribution in [0.5, 0.6) is 0 Å². The molecule has 0 saturated heterocycles. The molecule has 0 atom stereocenters. The number of hydrogen-bond acceptors (Lipinski definition) is 6. The van der Waals surface area contributed by atoms with Gasteiger partial charge in [-0.15, -0.1) is 11.3 Å². The Hall–Kier alpha value is -3.03. The molecular weight excluding hydrogens is 432 g/mol. The molecule has 0 aliphatic carbocycles. The van der Waals surface area contributed by atoms with Crippen LogP contribution in [-0.2, 0) is 5.41 Å². The molecule has 31 heavy (non-hydrogen) atoms. The molecule has 6 nitrogen and oxygen atoms in total. The highest BCUT2D eigenvalue weighted by Gasteiger charge is 2.25. The summed E-state index contributed by atoms with van der Waals surface area (Å²) in [5.41, 5.74) is 2.89. The molecular formula is C23H21ClN4O2S. The summed E-state index contributed by atoms with van der Waals surface area (Å²) in [6.45, 7) is 6.30. The lowest BCUT2D eigenvalue weighted by Crippen LogP contribution is -2.36. The fourth-order valence-electron chi connectivity index (χ4n) is 3.02. The van der Waals surface area contributed by atoms with Gasteiger partial charge in [-0.3, -0.25) is 4.79 Å². The predicted octanol–water partition coefficient (Wildman–Crippen LogP) is 5.53. The van der Waals surface area contributed by atoms with Crippen molar-refractivity contribution in [3.8, 4) is 22.0 Å². The minimum atomic E-state index is -0.334. The van der Waals surface area contributed by atoms with E-state index < -0.39 is 0 Å². The van der Waals surface area contributed by atoms with E-state index in [0.29, 0.717) is 28.8 Å². The Morgan fingerprint density at radius 2 is 1.90 bits per heavy atom. The second-order valence-corrected chi connectivity index (χ2v) is 9.12. The lowest BCUT2D eigenvalue weighted by atomic mass is 9.90. The number of aromatic nitrogens is 3. The van der Waals surface area contributed by atoms with Crippen molar-refractivity contribution in [2.75, 3.05) is 6.54 Å². The maximum absolute atomic E-state index is 12.8. The Balaban J connectivity index is 1.45. The van der Waals surface area contributed by atoms with Crippen LogP contribution in [0.3, 0.4) is 0 Å². The van der Waals surface area contributed by atoms with E-state index in [1.807, 2.05) is 35.7 Å². The molecule has 1 amide bonds. The van der Waals surface area contributed by atoms with Gasteiger partial charge in [0.05, 0.1) is 5.69 Å². The van der Waals surface area contributed by atoms with E-state index in [2.05, 4.69) is 29.3 Å². The van der Waals surface area contributed by atoms with E-state index in [-0.39, 0.29) is 11.3 Å². The summed E-state index contributed by atoms with van der Waals surface area (Å²) in [5, 5.41) is 10.6. The Morgan fingerprint density at radius 1 is 1.13 bits per heavy atom. The van der Waals surface area contributed by atoms with Gasteiger partial charge in [-0.2, -0.15) is 4.98 Å². The van der Waals surface area contributed by atoms with Gasteiger partial charge in [-0.05, 0) is 24.3 Å². The molecule has 1 N–H and O–H groups in total. The van der Waals surface area contributed by atoms with Crippen molar-refractivity contribution in [3.05, 3.63) is 76.1 Å². The summed E-state index contributed by atoms with van der Waals surface area (Å²) >= 11 is 7.55. The molecule has 0 aliphatic heterocycles. The fourth-order valence-corrected chi connectivity index (χ4v) is 4.16.